The number of aliphatic imine (C=N–C) groups is 1. The molecule has 2 heteroatoms. The first-order valence-electron chi connectivity index (χ1n) is 9.27. The molecule has 0 saturated carbocycles. The standard InChI is InChI=1S/C19H37N2/c1-4-5-15-21(17-14-20-18-21)16-12-10-8-6-7-9-11-13-19(2)3/h14,17-19H,4-13,15-16H2,1-3H3/q+1. The summed E-state index contributed by atoms with van der Waals surface area (Å²) in [6.07, 6.45) is 20.2. The van der Waals surface area contributed by atoms with Gasteiger partial charge in [0.05, 0.1) is 19.3 Å². The van der Waals surface area contributed by atoms with Crippen molar-refractivity contribution in [1.82, 2.24) is 0 Å². The second-order valence-corrected chi connectivity index (χ2v) is 7.12. The zero-order valence-corrected chi connectivity index (χ0v) is 14.7. The molecule has 0 radical (unpaired) electrons. The maximum atomic E-state index is 4.32. The van der Waals surface area contributed by atoms with Crippen LogP contribution in [0, 0.1) is 5.92 Å². The summed E-state index contributed by atoms with van der Waals surface area (Å²) in [5.74, 6) is 0.878. The van der Waals surface area contributed by atoms with Gasteiger partial charge in [0.1, 0.15) is 6.20 Å². The highest BCUT2D eigenvalue weighted by atomic mass is 15.4. The number of unbranched alkanes of at least 4 members (excludes halogenated alkanes) is 7. The first-order valence-corrected chi connectivity index (χ1v) is 9.27. The Morgan fingerprint density at radius 2 is 1.48 bits per heavy atom. The van der Waals surface area contributed by atoms with Gasteiger partial charge in [-0.2, -0.15) is 0 Å². The first kappa shape index (κ1) is 18.4. The van der Waals surface area contributed by atoms with Crippen molar-refractivity contribution in [3.63, 3.8) is 0 Å². The Balaban J connectivity index is 2.00. The van der Waals surface area contributed by atoms with Crippen LogP contribution in [0.4, 0.5) is 0 Å². The minimum absolute atomic E-state index is 0.878. The average Bonchev–Trinajstić information content (AvgIpc) is 2.92. The molecule has 1 aliphatic heterocycles. The summed E-state index contributed by atoms with van der Waals surface area (Å²) >= 11 is 0. The molecule has 2 nitrogen and oxygen atoms in total. The molecule has 0 aromatic heterocycles. The number of quaternary nitrogens is 1. The van der Waals surface area contributed by atoms with E-state index in [1.807, 2.05) is 6.20 Å². The molecule has 1 atom stereocenters. The Hall–Kier alpha value is -0.630. The lowest BCUT2D eigenvalue weighted by Crippen LogP contribution is -2.41. The van der Waals surface area contributed by atoms with Crippen LogP contribution in [0.15, 0.2) is 17.4 Å². The van der Waals surface area contributed by atoms with Gasteiger partial charge < -0.3 is 0 Å². The van der Waals surface area contributed by atoms with E-state index in [9.17, 15) is 0 Å². The van der Waals surface area contributed by atoms with Crippen LogP contribution in [0.1, 0.15) is 85.0 Å². The number of hydrogen-bond acceptors (Lipinski definition) is 1. The minimum Gasteiger partial charge on any atom is -0.254 e. The zero-order valence-electron chi connectivity index (χ0n) is 14.7. The summed E-state index contributed by atoms with van der Waals surface area (Å²) in [6, 6.07) is 0. The molecule has 0 bridgehead atoms. The molecule has 1 unspecified atom stereocenters. The largest absolute Gasteiger partial charge is 0.254 e. The average molecular weight is 294 g/mol. The van der Waals surface area contributed by atoms with Crippen LogP contribution in [0.5, 0.6) is 0 Å². The third-order valence-corrected chi connectivity index (χ3v) is 4.53. The SMILES string of the molecule is CCCC[N+]1(CCCCCCCCCC(C)C)C=CN=C1. The molecule has 1 heterocycles. The number of nitrogens with zero attached hydrogens (tertiary/aromatic N) is 2. The molecule has 1 rings (SSSR count). The molecule has 0 saturated heterocycles. The second kappa shape index (κ2) is 11.0. The van der Waals surface area contributed by atoms with Crippen LogP contribution >= 0.6 is 0 Å². The minimum atomic E-state index is 0.878. The van der Waals surface area contributed by atoms with Crippen LogP contribution in [0.3, 0.4) is 0 Å². The topological polar surface area (TPSA) is 12.4 Å². The third kappa shape index (κ3) is 8.40. The van der Waals surface area contributed by atoms with E-state index < -0.39 is 0 Å². The van der Waals surface area contributed by atoms with Crippen LogP contribution in [0.2, 0.25) is 0 Å². The molecule has 122 valence electrons. The fourth-order valence-electron chi connectivity index (χ4n) is 3.05. The van der Waals surface area contributed by atoms with E-state index in [2.05, 4.69) is 38.3 Å². The second-order valence-electron chi connectivity index (χ2n) is 7.12. The molecule has 0 fully saturated rings. The number of hydrogen-bond donors (Lipinski definition) is 0. The Morgan fingerprint density at radius 1 is 0.857 bits per heavy atom. The maximum absolute atomic E-state index is 4.32. The summed E-state index contributed by atoms with van der Waals surface area (Å²) in [5.41, 5.74) is 0. The molecule has 0 aromatic carbocycles. The van der Waals surface area contributed by atoms with Crippen molar-refractivity contribution >= 4 is 6.34 Å². The van der Waals surface area contributed by atoms with E-state index in [1.165, 1.54) is 77.3 Å². The predicted octanol–water partition coefficient (Wildman–Crippen LogP) is 5.89. The smallest absolute Gasteiger partial charge is 0.194 e. The Bertz CT molecular complexity index is 293. The van der Waals surface area contributed by atoms with Gasteiger partial charge in [0, 0.05) is 0 Å². The quantitative estimate of drug-likeness (QED) is 0.296. The highest BCUT2D eigenvalue weighted by molar-refractivity contribution is 5.50. The zero-order chi connectivity index (χ0) is 15.4. The van der Waals surface area contributed by atoms with Crippen LogP contribution < -0.4 is 0 Å². The van der Waals surface area contributed by atoms with Gasteiger partial charge in [-0.1, -0.05) is 65.7 Å². The van der Waals surface area contributed by atoms with Crippen molar-refractivity contribution in [3.05, 3.63) is 12.4 Å². The lowest BCUT2D eigenvalue weighted by Gasteiger charge is -2.27. The van der Waals surface area contributed by atoms with Crippen molar-refractivity contribution in [1.29, 1.82) is 0 Å². The monoisotopic (exact) mass is 293 g/mol. The van der Waals surface area contributed by atoms with Crippen LogP contribution in [0.25, 0.3) is 0 Å². The Labute approximate surface area is 132 Å². The fraction of sp³-hybridized carbons (Fsp3) is 0.842. The summed E-state index contributed by atoms with van der Waals surface area (Å²) in [4.78, 5) is 4.32. The van der Waals surface area contributed by atoms with Gasteiger partial charge in [0.25, 0.3) is 0 Å². The predicted molar refractivity (Wildman–Crippen MR) is 94.3 cm³/mol. The first-order chi connectivity index (χ1) is 10.2. The van der Waals surface area contributed by atoms with E-state index >= 15 is 0 Å². The third-order valence-electron chi connectivity index (χ3n) is 4.53. The lowest BCUT2D eigenvalue weighted by atomic mass is 10.0. The molecule has 21 heavy (non-hydrogen) atoms. The summed E-state index contributed by atoms with van der Waals surface area (Å²) in [5, 5.41) is 0. The van der Waals surface area contributed by atoms with Gasteiger partial charge >= 0.3 is 0 Å². The van der Waals surface area contributed by atoms with E-state index in [0.29, 0.717) is 0 Å². The van der Waals surface area contributed by atoms with Gasteiger partial charge in [0.15, 0.2) is 6.34 Å². The van der Waals surface area contributed by atoms with Crippen molar-refractivity contribution in [2.45, 2.75) is 85.0 Å². The van der Waals surface area contributed by atoms with Gasteiger partial charge in [-0.25, -0.2) is 4.99 Å². The highest BCUT2D eigenvalue weighted by Crippen LogP contribution is 2.17. The van der Waals surface area contributed by atoms with Crippen molar-refractivity contribution in [3.8, 4) is 0 Å². The van der Waals surface area contributed by atoms with Crippen molar-refractivity contribution < 1.29 is 4.48 Å². The normalized spacial score (nSPS) is 20.8. The van der Waals surface area contributed by atoms with Crippen LogP contribution in [-0.4, -0.2) is 23.9 Å². The maximum Gasteiger partial charge on any atom is 0.194 e. The van der Waals surface area contributed by atoms with Gasteiger partial charge in [-0.3, -0.25) is 4.48 Å². The molecular weight excluding hydrogens is 256 g/mol. The van der Waals surface area contributed by atoms with E-state index in [1.54, 1.807) is 0 Å². The van der Waals surface area contributed by atoms with Gasteiger partial charge in [-0.15, -0.1) is 0 Å². The Morgan fingerprint density at radius 3 is 2.05 bits per heavy atom. The van der Waals surface area contributed by atoms with E-state index in [4.69, 9.17) is 0 Å². The summed E-state index contributed by atoms with van der Waals surface area (Å²) in [6.45, 7) is 9.40. The molecule has 0 N–H and O–H groups in total. The molecule has 1 aliphatic rings. The number of rotatable bonds is 13. The molecule has 0 spiro atoms. The molecular formula is C19H37N2+. The van der Waals surface area contributed by atoms with E-state index in [-0.39, 0.29) is 0 Å². The van der Waals surface area contributed by atoms with E-state index in [0.717, 1.165) is 10.4 Å². The summed E-state index contributed by atoms with van der Waals surface area (Å²) in [7, 11) is 0. The lowest BCUT2D eigenvalue weighted by molar-refractivity contribution is -0.780. The Kier molecular flexibility index (Phi) is 9.65. The molecule has 0 aromatic rings. The van der Waals surface area contributed by atoms with Gasteiger partial charge in [0.2, 0.25) is 0 Å². The highest BCUT2D eigenvalue weighted by Gasteiger charge is 2.24. The molecule has 0 amide bonds. The fourth-order valence-corrected chi connectivity index (χ4v) is 3.05. The van der Waals surface area contributed by atoms with Gasteiger partial charge in [-0.05, 0) is 25.2 Å². The van der Waals surface area contributed by atoms with Crippen molar-refractivity contribution in [2.24, 2.45) is 10.9 Å². The van der Waals surface area contributed by atoms with Crippen molar-refractivity contribution in [2.75, 3.05) is 13.1 Å². The molecule has 0 aliphatic carbocycles. The summed E-state index contributed by atoms with van der Waals surface area (Å²) < 4.78 is 1.00. The van der Waals surface area contributed by atoms with Crippen LogP contribution in [-0.2, 0) is 0 Å².